The minimum Gasteiger partial charge on any atom is -0.550 e. The van der Waals surface area contributed by atoms with Gasteiger partial charge in [-0.2, -0.15) is 0 Å². The summed E-state index contributed by atoms with van der Waals surface area (Å²) in [6.45, 7) is 4.14. The Bertz CT molecular complexity index is 159. The van der Waals surface area contributed by atoms with Crippen molar-refractivity contribution < 1.29 is 39.5 Å². The summed E-state index contributed by atoms with van der Waals surface area (Å²) in [7, 11) is 0. The summed E-state index contributed by atoms with van der Waals surface area (Å²) < 4.78 is 0. The summed E-state index contributed by atoms with van der Waals surface area (Å²) in [5.41, 5.74) is 0. The molecule has 12 heavy (non-hydrogen) atoms. The summed E-state index contributed by atoms with van der Waals surface area (Å²) in [6, 6.07) is 0. The minimum atomic E-state index is -0.857. The number of rotatable bonds is 1. The van der Waals surface area contributed by atoms with Crippen LogP contribution in [0.4, 0.5) is 0 Å². The van der Waals surface area contributed by atoms with Crippen LogP contribution < -0.4 is 34.7 Å². The fraction of sp³-hybridized carbons (Fsp3) is 0.889. The quantitative estimate of drug-likeness (QED) is 0.428. The van der Waals surface area contributed by atoms with Crippen molar-refractivity contribution in [1.29, 1.82) is 0 Å². The first-order valence-electron chi connectivity index (χ1n) is 4.33. The largest absolute Gasteiger partial charge is 1.00 e. The second-order valence-corrected chi connectivity index (χ2v) is 3.69. The van der Waals surface area contributed by atoms with Crippen LogP contribution in [0.3, 0.4) is 0 Å². The third-order valence-electron chi connectivity index (χ3n) is 3.01. The molecule has 0 aromatic carbocycles. The molecule has 0 amide bonds. The summed E-state index contributed by atoms with van der Waals surface area (Å²) in [5, 5.41) is 10.6. The molecule has 0 aliphatic heterocycles. The van der Waals surface area contributed by atoms with Crippen LogP contribution >= 0.6 is 0 Å². The molecule has 1 aliphatic rings. The molecule has 3 atom stereocenters. The first-order valence-corrected chi connectivity index (χ1v) is 4.33. The molecule has 1 rings (SSSR count). The Labute approximate surface area is 96.0 Å². The van der Waals surface area contributed by atoms with Crippen molar-refractivity contribution in [1.82, 2.24) is 0 Å². The molecule has 0 N–H and O–H groups in total. The third-order valence-corrected chi connectivity index (χ3v) is 3.01. The molecular weight excluding hydrogens is 163 g/mol. The monoisotopic (exact) mass is 178 g/mol. The number of aliphatic carboxylic acids is 1. The van der Waals surface area contributed by atoms with Crippen molar-refractivity contribution in [2.45, 2.75) is 33.1 Å². The van der Waals surface area contributed by atoms with Gasteiger partial charge in [0.15, 0.2) is 0 Å². The molecule has 1 fully saturated rings. The fourth-order valence-corrected chi connectivity index (χ4v) is 1.91. The fourth-order valence-electron chi connectivity index (χ4n) is 1.91. The molecule has 0 saturated heterocycles. The van der Waals surface area contributed by atoms with E-state index in [1.807, 2.05) is 6.92 Å². The zero-order chi connectivity index (χ0) is 8.43. The van der Waals surface area contributed by atoms with E-state index in [0.717, 1.165) is 12.8 Å². The zero-order valence-corrected chi connectivity index (χ0v) is 10.2. The minimum absolute atomic E-state index is 0. The van der Waals surface area contributed by atoms with Crippen molar-refractivity contribution in [3.8, 4) is 0 Å². The molecule has 3 heteroatoms. The SMILES string of the molecule is CC1CCCC(C(=O)[O-])C1C.[Na+]. The normalized spacial score (nSPS) is 35.3. The van der Waals surface area contributed by atoms with E-state index in [4.69, 9.17) is 0 Å². The Kier molecular flexibility index (Phi) is 5.46. The molecule has 0 heterocycles. The topological polar surface area (TPSA) is 40.1 Å². The van der Waals surface area contributed by atoms with E-state index < -0.39 is 5.97 Å². The zero-order valence-electron chi connectivity index (χ0n) is 8.17. The maximum absolute atomic E-state index is 10.6. The number of carbonyl (C=O) groups excluding carboxylic acids is 1. The van der Waals surface area contributed by atoms with E-state index in [0.29, 0.717) is 11.8 Å². The van der Waals surface area contributed by atoms with Crippen LogP contribution in [0.1, 0.15) is 33.1 Å². The third kappa shape index (κ3) is 2.75. The average Bonchev–Trinajstić information content (AvgIpc) is 1.94. The Balaban J connectivity index is 0.00000121. The van der Waals surface area contributed by atoms with E-state index in [-0.39, 0.29) is 35.5 Å². The van der Waals surface area contributed by atoms with Gasteiger partial charge in [0.1, 0.15) is 0 Å². The molecule has 3 unspecified atom stereocenters. The molecule has 2 nitrogen and oxygen atoms in total. The second kappa shape index (κ2) is 5.25. The number of carbonyl (C=O) groups is 1. The van der Waals surface area contributed by atoms with Crippen molar-refractivity contribution >= 4 is 5.97 Å². The smallest absolute Gasteiger partial charge is 0.550 e. The molecule has 1 saturated carbocycles. The molecular formula is C9H15NaO2. The van der Waals surface area contributed by atoms with Gasteiger partial charge in [-0.1, -0.05) is 26.7 Å². The van der Waals surface area contributed by atoms with E-state index in [2.05, 4.69) is 6.92 Å². The maximum Gasteiger partial charge on any atom is 1.00 e. The van der Waals surface area contributed by atoms with Gasteiger partial charge in [0.2, 0.25) is 0 Å². The van der Waals surface area contributed by atoms with Crippen LogP contribution in [0.2, 0.25) is 0 Å². The predicted molar refractivity (Wildman–Crippen MR) is 40.7 cm³/mol. The Hall–Kier alpha value is 0.470. The molecule has 1 aliphatic carbocycles. The summed E-state index contributed by atoms with van der Waals surface area (Å²) in [4.78, 5) is 10.6. The van der Waals surface area contributed by atoms with Gasteiger partial charge >= 0.3 is 29.6 Å². The van der Waals surface area contributed by atoms with Crippen LogP contribution in [0.5, 0.6) is 0 Å². The summed E-state index contributed by atoms with van der Waals surface area (Å²) in [6.07, 6.45) is 3.03. The van der Waals surface area contributed by atoms with E-state index in [1.54, 1.807) is 0 Å². The van der Waals surface area contributed by atoms with Gasteiger partial charge in [-0.05, 0) is 18.3 Å². The van der Waals surface area contributed by atoms with Crippen LogP contribution in [0.25, 0.3) is 0 Å². The molecule has 0 radical (unpaired) electrons. The summed E-state index contributed by atoms with van der Waals surface area (Å²) >= 11 is 0. The van der Waals surface area contributed by atoms with E-state index in [1.165, 1.54) is 6.42 Å². The van der Waals surface area contributed by atoms with Gasteiger partial charge in [0, 0.05) is 11.9 Å². The maximum atomic E-state index is 10.6. The first-order chi connectivity index (χ1) is 5.13. The van der Waals surface area contributed by atoms with Gasteiger partial charge in [-0.15, -0.1) is 0 Å². The number of hydrogen-bond donors (Lipinski definition) is 0. The number of carboxylic acids is 1. The number of carboxylic acid groups (broad SMARTS) is 1. The van der Waals surface area contributed by atoms with Crippen LogP contribution in [0, 0.1) is 17.8 Å². The molecule has 0 aromatic rings. The van der Waals surface area contributed by atoms with Gasteiger partial charge < -0.3 is 9.90 Å². The van der Waals surface area contributed by atoms with Gasteiger partial charge in [-0.3, -0.25) is 0 Å². The molecule has 64 valence electrons. The van der Waals surface area contributed by atoms with Crippen molar-refractivity contribution in [3.05, 3.63) is 0 Å². The Morgan fingerprint density at radius 1 is 1.33 bits per heavy atom. The first kappa shape index (κ1) is 12.5. The van der Waals surface area contributed by atoms with Gasteiger partial charge in [0.25, 0.3) is 0 Å². The second-order valence-electron chi connectivity index (χ2n) is 3.69. The van der Waals surface area contributed by atoms with Crippen molar-refractivity contribution in [2.24, 2.45) is 17.8 Å². The Morgan fingerprint density at radius 2 is 1.92 bits per heavy atom. The molecule has 0 aromatic heterocycles. The molecule has 0 bridgehead atoms. The van der Waals surface area contributed by atoms with Crippen molar-refractivity contribution in [3.63, 3.8) is 0 Å². The van der Waals surface area contributed by atoms with E-state index >= 15 is 0 Å². The predicted octanol–water partition coefficient (Wildman–Crippen LogP) is -2.19. The standard InChI is InChI=1S/C9H16O2.Na/c1-6-4-3-5-8(7(6)2)9(10)11;/h6-8H,3-5H2,1-2H3,(H,10,11);/q;+1/p-1. The number of hydrogen-bond acceptors (Lipinski definition) is 2. The van der Waals surface area contributed by atoms with Crippen molar-refractivity contribution in [2.75, 3.05) is 0 Å². The average molecular weight is 178 g/mol. The Morgan fingerprint density at radius 3 is 2.33 bits per heavy atom. The summed E-state index contributed by atoms with van der Waals surface area (Å²) in [5.74, 6) is -0.205. The molecule has 0 spiro atoms. The van der Waals surface area contributed by atoms with Gasteiger partial charge in [0.05, 0.1) is 0 Å². The van der Waals surface area contributed by atoms with E-state index in [9.17, 15) is 9.90 Å². The van der Waals surface area contributed by atoms with Crippen LogP contribution in [-0.2, 0) is 4.79 Å². The van der Waals surface area contributed by atoms with Crippen LogP contribution in [-0.4, -0.2) is 5.97 Å². The van der Waals surface area contributed by atoms with Crippen LogP contribution in [0.15, 0.2) is 0 Å². The van der Waals surface area contributed by atoms with Gasteiger partial charge in [-0.25, -0.2) is 0 Å².